The van der Waals surface area contributed by atoms with E-state index in [1.165, 1.54) is 4.40 Å². The Labute approximate surface area is 144 Å². The second-order valence-electron chi connectivity index (χ2n) is 5.73. The molecule has 4 rings (SSSR count). The predicted octanol–water partition coefficient (Wildman–Crippen LogP) is 3.84. The predicted molar refractivity (Wildman–Crippen MR) is 95.7 cm³/mol. The number of rotatable bonds is 2. The van der Waals surface area contributed by atoms with Gasteiger partial charge in [-0.05, 0) is 42.7 Å². The first-order chi connectivity index (χ1) is 11.7. The Morgan fingerprint density at radius 3 is 2.88 bits per heavy atom. The normalized spacial score (nSPS) is 15.0. The average molecular weight is 339 g/mol. The van der Waals surface area contributed by atoms with Gasteiger partial charge in [0.25, 0.3) is 5.56 Å². The van der Waals surface area contributed by atoms with Crippen molar-refractivity contribution in [2.24, 2.45) is 0 Å². The summed E-state index contributed by atoms with van der Waals surface area (Å²) in [4.78, 5) is 17.4. The van der Waals surface area contributed by atoms with Crippen LogP contribution in [0.4, 0.5) is 0 Å². The molecule has 0 saturated carbocycles. The molecule has 5 heteroatoms. The van der Waals surface area contributed by atoms with Crippen LogP contribution in [0.15, 0.2) is 47.4 Å². The van der Waals surface area contributed by atoms with Gasteiger partial charge in [-0.1, -0.05) is 29.8 Å². The number of para-hydroxylation sites is 1. The van der Waals surface area contributed by atoms with Gasteiger partial charge in [-0.2, -0.15) is 0 Å². The van der Waals surface area contributed by atoms with Gasteiger partial charge < -0.3 is 4.74 Å². The van der Waals surface area contributed by atoms with Gasteiger partial charge in [0.15, 0.2) is 0 Å². The summed E-state index contributed by atoms with van der Waals surface area (Å²) < 4.78 is 6.93. The SMILES string of the molecule is COc1ccccc1C=C1CCc2c1nc1ccc(Cl)cn1c2=O. The minimum atomic E-state index is -0.0408. The lowest BCUT2D eigenvalue weighted by molar-refractivity contribution is 0.414. The molecule has 0 N–H and O–H groups in total. The molecular formula is C19H15ClN2O2. The number of ether oxygens (including phenoxy) is 1. The highest BCUT2D eigenvalue weighted by Crippen LogP contribution is 2.32. The summed E-state index contributed by atoms with van der Waals surface area (Å²) in [6.07, 6.45) is 5.16. The molecule has 2 heterocycles. The van der Waals surface area contributed by atoms with Crippen LogP contribution in [0.3, 0.4) is 0 Å². The lowest BCUT2D eigenvalue weighted by Crippen LogP contribution is -2.19. The largest absolute Gasteiger partial charge is 0.496 e. The minimum absolute atomic E-state index is 0.0408. The zero-order chi connectivity index (χ0) is 16.7. The van der Waals surface area contributed by atoms with E-state index in [-0.39, 0.29) is 5.56 Å². The maximum Gasteiger partial charge on any atom is 0.261 e. The Morgan fingerprint density at radius 1 is 1.21 bits per heavy atom. The van der Waals surface area contributed by atoms with Crippen molar-refractivity contribution >= 4 is 28.9 Å². The Kier molecular flexibility index (Phi) is 3.62. The number of hydrogen-bond acceptors (Lipinski definition) is 3. The molecule has 1 aromatic carbocycles. The van der Waals surface area contributed by atoms with Crippen LogP contribution in [0.2, 0.25) is 5.02 Å². The Morgan fingerprint density at radius 2 is 2.04 bits per heavy atom. The lowest BCUT2D eigenvalue weighted by Gasteiger charge is -2.07. The van der Waals surface area contributed by atoms with Crippen molar-refractivity contribution in [2.45, 2.75) is 12.8 Å². The van der Waals surface area contributed by atoms with Gasteiger partial charge in [-0.25, -0.2) is 4.98 Å². The molecule has 2 aromatic heterocycles. The molecule has 4 nitrogen and oxygen atoms in total. The fourth-order valence-electron chi connectivity index (χ4n) is 3.13. The zero-order valence-electron chi connectivity index (χ0n) is 13.1. The van der Waals surface area contributed by atoms with Crippen molar-refractivity contribution in [3.05, 3.63) is 74.8 Å². The molecule has 0 fully saturated rings. The molecule has 24 heavy (non-hydrogen) atoms. The number of pyridine rings is 1. The van der Waals surface area contributed by atoms with Crippen molar-refractivity contribution in [2.75, 3.05) is 7.11 Å². The molecule has 0 atom stereocenters. The van der Waals surface area contributed by atoms with Crippen LogP contribution in [0.1, 0.15) is 23.2 Å². The number of allylic oxidation sites excluding steroid dienone is 1. The maximum absolute atomic E-state index is 12.7. The van der Waals surface area contributed by atoms with Gasteiger partial charge in [0.05, 0.1) is 17.8 Å². The van der Waals surface area contributed by atoms with Gasteiger partial charge in [0.2, 0.25) is 0 Å². The van der Waals surface area contributed by atoms with Crippen LogP contribution in [-0.4, -0.2) is 16.5 Å². The fourth-order valence-corrected chi connectivity index (χ4v) is 3.29. The first-order valence-corrected chi connectivity index (χ1v) is 8.10. The minimum Gasteiger partial charge on any atom is -0.496 e. The molecule has 1 aliphatic rings. The summed E-state index contributed by atoms with van der Waals surface area (Å²) in [6, 6.07) is 11.3. The van der Waals surface area contributed by atoms with Gasteiger partial charge in [-0.15, -0.1) is 0 Å². The Hall–Kier alpha value is -2.59. The summed E-state index contributed by atoms with van der Waals surface area (Å²) in [5, 5.41) is 0.522. The van der Waals surface area contributed by atoms with E-state index in [9.17, 15) is 4.79 Å². The molecule has 0 aliphatic heterocycles. The van der Waals surface area contributed by atoms with Gasteiger partial charge >= 0.3 is 0 Å². The molecule has 120 valence electrons. The highest BCUT2D eigenvalue weighted by molar-refractivity contribution is 6.30. The van der Waals surface area contributed by atoms with Crippen LogP contribution >= 0.6 is 11.6 Å². The molecule has 3 aromatic rings. The number of hydrogen-bond donors (Lipinski definition) is 0. The molecule has 1 aliphatic carbocycles. The van der Waals surface area contributed by atoms with Crippen molar-refractivity contribution < 1.29 is 4.74 Å². The topological polar surface area (TPSA) is 43.6 Å². The number of halogens is 1. The summed E-state index contributed by atoms with van der Waals surface area (Å²) >= 11 is 6.00. The molecule has 0 saturated heterocycles. The smallest absolute Gasteiger partial charge is 0.261 e. The van der Waals surface area contributed by atoms with Crippen molar-refractivity contribution in [3.63, 3.8) is 0 Å². The molecule has 0 radical (unpaired) electrons. The number of nitrogens with zero attached hydrogens (tertiary/aromatic N) is 2. The highest BCUT2D eigenvalue weighted by atomic mass is 35.5. The van der Waals surface area contributed by atoms with E-state index < -0.39 is 0 Å². The van der Waals surface area contributed by atoms with E-state index in [0.29, 0.717) is 17.1 Å². The molecule has 0 spiro atoms. The second kappa shape index (κ2) is 5.80. The van der Waals surface area contributed by atoms with E-state index in [4.69, 9.17) is 16.3 Å². The molecule has 0 unspecified atom stereocenters. The third kappa shape index (κ3) is 2.39. The van der Waals surface area contributed by atoms with E-state index >= 15 is 0 Å². The van der Waals surface area contributed by atoms with Gasteiger partial charge in [0, 0.05) is 17.3 Å². The summed E-state index contributed by atoms with van der Waals surface area (Å²) in [5.74, 6) is 0.808. The number of aromatic nitrogens is 2. The summed E-state index contributed by atoms with van der Waals surface area (Å²) in [7, 11) is 1.65. The standard InChI is InChI=1S/C19H15ClN2O2/c1-24-16-5-3-2-4-12(16)10-13-6-8-15-18(13)21-17-9-7-14(20)11-22(17)19(15)23/h2-5,7,9-11H,6,8H2,1H3. The van der Waals surface area contributed by atoms with Gasteiger partial charge in [-0.3, -0.25) is 9.20 Å². The number of fused-ring (bicyclic) bond motifs is 2. The van der Waals surface area contributed by atoms with E-state index in [2.05, 4.69) is 11.1 Å². The Bertz CT molecular complexity index is 1040. The monoisotopic (exact) mass is 338 g/mol. The summed E-state index contributed by atoms with van der Waals surface area (Å²) in [5.41, 5.74) is 4.14. The van der Waals surface area contributed by atoms with E-state index in [1.807, 2.05) is 24.3 Å². The first kappa shape index (κ1) is 15.0. The van der Waals surface area contributed by atoms with Crippen LogP contribution < -0.4 is 10.3 Å². The quantitative estimate of drug-likeness (QED) is 0.713. The second-order valence-corrected chi connectivity index (χ2v) is 6.17. The van der Waals surface area contributed by atoms with E-state index in [1.54, 1.807) is 25.4 Å². The first-order valence-electron chi connectivity index (χ1n) is 7.72. The van der Waals surface area contributed by atoms with Crippen LogP contribution in [0.5, 0.6) is 5.75 Å². The maximum atomic E-state index is 12.7. The third-order valence-electron chi connectivity index (χ3n) is 4.30. The average Bonchev–Trinajstić information content (AvgIpc) is 2.99. The highest BCUT2D eigenvalue weighted by Gasteiger charge is 2.23. The van der Waals surface area contributed by atoms with Gasteiger partial charge in [0.1, 0.15) is 11.4 Å². The fraction of sp³-hybridized carbons (Fsp3) is 0.158. The Balaban J connectivity index is 1.90. The van der Waals surface area contributed by atoms with Crippen molar-refractivity contribution in [1.82, 2.24) is 9.38 Å². The zero-order valence-corrected chi connectivity index (χ0v) is 13.9. The number of benzene rings is 1. The van der Waals surface area contributed by atoms with Crippen LogP contribution in [0.25, 0.3) is 17.3 Å². The van der Waals surface area contributed by atoms with Crippen LogP contribution in [0, 0.1) is 0 Å². The molecular weight excluding hydrogens is 324 g/mol. The third-order valence-corrected chi connectivity index (χ3v) is 4.52. The summed E-state index contributed by atoms with van der Waals surface area (Å²) in [6.45, 7) is 0. The van der Waals surface area contributed by atoms with E-state index in [0.717, 1.165) is 34.6 Å². The molecule has 0 amide bonds. The van der Waals surface area contributed by atoms with Crippen LogP contribution in [-0.2, 0) is 6.42 Å². The molecule has 0 bridgehead atoms. The van der Waals surface area contributed by atoms with Crippen molar-refractivity contribution in [3.8, 4) is 5.75 Å². The number of methoxy groups -OCH3 is 1. The lowest BCUT2D eigenvalue weighted by atomic mass is 10.1. The van der Waals surface area contributed by atoms with Crippen molar-refractivity contribution in [1.29, 1.82) is 0 Å².